The van der Waals surface area contributed by atoms with E-state index in [2.05, 4.69) is 9.97 Å². The largest absolute Gasteiger partial charge is 0.370 e. The summed E-state index contributed by atoms with van der Waals surface area (Å²) in [7, 11) is 1.73. The first kappa shape index (κ1) is 11.5. The van der Waals surface area contributed by atoms with Gasteiger partial charge in [-0.2, -0.15) is 0 Å². The van der Waals surface area contributed by atoms with E-state index in [0.717, 1.165) is 30.7 Å². The lowest BCUT2D eigenvalue weighted by atomic mass is 9.79. The van der Waals surface area contributed by atoms with E-state index in [1.165, 1.54) is 6.42 Å². The summed E-state index contributed by atoms with van der Waals surface area (Å²) in [6, 6.07) is 0.148. The summed E-state index contributed by atoms with van der Waals surface area (Å²) < 4.78 is 5.53. The SMILES string of the molecule is COC1(c2ncc(CC(C)N)cn2)CCC1. The van der Waals surface area contributed by atoms with Gasteiger partial charge in [-0.15, -0.1) is 0 Å². The molecule has 0 saturated heterocycles. The Morgan fingerprint density at radius 1 is 1.44 bits per heavy atom. The van der Waals surface area contributed by atoms with Crippen LogP contribution in [0.2, 0.25) is 0 Å². The zero-order valence-corrected chi connectivity index (χ0v) is 9.94. The molecule has 1 aliphatic carbocycles. The van der Waals surface area contributed by atoms with Crippen LogP contribution in [0.15, 0.2) is 12.4 Å². The first-order valence-electron chi connectivity index (χ1n) is 5.78. The molecule has 4 nitrogen and oxygen atoms in total. The topological polar surface area (TPSA) is 61.0 Å². The highest BCUT2D eigenvalue weighted by Gasteiger charge is 2.41. The maximum atomic E-state index is 5.73. The smallest absolute Gasteiger partial charge is 0.160 e. The van der Waals surface area contributed by atoms with Gasteiger partial charge in [0.2, 0.25) is 0 Å². The molecule has 16 heavy (non-hydrogen) atoms. The van der Waals surface area contributed by atoms with Crippen LogP contribution in [0.1, 0.15) is 37.6 Å². The second kappa shape index (κ2) is 4.47. The lowest BCUT2D eigenvalue weighted by molar-refractivity contribution is -0.0847. The molecule has 0 spiro atoms. The standard InChI is InChI=1S/C12H19N3O/c1-9(13)6-10-7-14-11(15-8-10)12(16-2)4-3-5-12/h7-9H,3-6,13H2,1-2H3. The Hall–Kier alpha value is -1.00. The van der Waals surface area contributed by atoms with Crippen molar-refractivity contribution in [3.05, 3.63) is 23.8 Å². The van der Waals surface area contributed by atoms with Gasteiger partial charge in [0.15, 0.2) is 5.82 Å². The Labute approximate surface area is 96.2 Å². The number of hydrogen-bond acceptors (Lipinski definition) is 4. The van der Waals surface area contributed by atoms with Crippen LogP contribution in [0, 0.1) is 0 Å². The highest BCUT2D eigenvalue weighted by molar-refractivity contribution is 5.13. The third-order valence-corrected chi connectivity index (χ3v) is 3.22. The molecule has 0 radical (unpaired) electrons. The van der Waals surface area contributed by atoms with Gasteiger partial charge in [-0.1, -0.05) is 0 Å². The van der Waals surface area contributed by atoms with E-state index in [1.807, 2.05) is 19.3 Å². The second-order valence-electron chi connectivity index (χ2n) is 4.65. The van der Waals surface area contributed by atoms with Crippen molar-refractivity contribution in [3.63, 3.8) is 0 Å². The summed E-state index contributed by atoms with van der Waals surface area (Å²) in [6.07, 6.45) is 7.79. The van der Waals surface area contributed by atoms with Gasteiger partial charge in [0.25, 0.3) is 0 Å². The van der Waals surface area contributed by atoms with Gasteiger partial charge in [-0.3, -0.25) is 0 Å². The lowest BCUT2D eigenvalue weighted by Gasteiger charge is -2.38. The average molecular weight is 221 g/mol. The maximum Gasteiger partial charge on any atom is 0.160 e. The lowest BCUT2D eigenvalue weighted by Crippen LogP contribution is -2.38. The zero-order valence-electron chi connectivity index (χ0n) is 9.94. The molecule has 2 rings (SSSR count). The fourth-order valence-electron chi connectivity index (χ4n) is 2.08. The van der Waals surface area contributed by atoms with Crippen molar-refractivity contribution in [2.45, 2.75) is 44.2 Å². The molecule has 1 atom stereocenters. The van der Waals surface area contributed by atoms with Gasteiger partial charge in [0.1, 0.15) is 5.60 Å². The number of hydrogen-bond donors (Lipinski definition) is 1. The molecular formula is C12H19N3O. The van der Waals surface area contributed by atoms with E-state index in [0.29, 0.717) is 0 Å². The minimum atomic E-state index is -0.215. The predicted octanol–water partition coefficient (Wildman–Crippen LogP) is 1.39. The summed E-state index contributed by atoms with van der Waals surface area (Å²) >= 11 is 0. The van der Waals surface area contributed by atoms with E-state index in [-0.39, 0.29) is 11.6 Å². The minimum absolute atomic E-state index is 0.148. The Balaban J connectivity index is 2.12. The van der Waals surface area contributed by atoms with Gasteiger partial charge >= 0.3 is 0 Å². The average Bonchev–Trinajstić information content (AvgIpc) is 2.19. The van der Waals surface area contributed by atoms with Crippen LogP contribution in [0.25, 0.3) is 0 Å². The molecule has 0 aliphatic heterocycles. The third-order valence-electron chi connectivity index (χ3n) is 3.22. The van der Waals surface area contributed by atoms with E-state index < -0.39 is 0 Å². The van der Waals surface area contributed by atoms with Crippen molar-refractivity contribution in [2.24, 2.45) is 5.73 Å². The molecule has 88 valence electrons. The highest BCUT2D eigenvalue weighted by Crippen LogP contribution is 2.42. The molecule has 0 aromatic carbocycles. The van der Waals surface area contributed by atoms with E-state index in [4.69, 9.17) is 10.5 Å². The molecule has 1 unspecified atom stereocenters. The van der Waals surface area contributed by atoms with Crippen LogP contribution in [0.5, 0.6) is 0 Å². The van der Waals surface area contributed by atoms with Gasteiger partial charge < -0.3 is 10.5 Å². The highest BCUT2D eigenvalue weighted by atomic mass is 16.5. The molecule has 1 fully saturated rings. The minimum Gasteiger partial charge on any atom is -0.370 e. The molecule has 4 heteroatoms. The van der Waals surface area contributed by atoms with Crippen LogP contribution < -0.4 is 5.73 Å². The van der Waals surface area contributed by atoms with E-state index in [1.54, 1.807) is 7.11 Å². The summed E-state index contributed by atoms with van der Waals surface area (Å²) in [5, 5.41) is 0. The quantitative estimate of drug-likeness (QED) is 0.834. The number of methoxy groups -OCH3 is 1. The zero-order chi connectivity index (χ0) is 11.6. The molecule has 1 aromatic heterocycles. The monoisotopic (exact) mass is 221 g/mol. The van der Waals surface area contributed by atoms with Crippen LogP contribution >= 0.6 is 0 Å². The first-order chi connectivity index (χ1) is 7.66. The number of ether oxygens (including phenoxy) is 1. The van der Waals surface area contributed by atoms with Gasteiger partial charge in [-0.25, -0.2) is 9.97 Å². The van der Waals surface area contributed by atoms with Crippen molar-refractivity contribution in [3.8, 4) is 0 Å². The van der Waals surface area contributed by atoms with Gasteiger partial charge in [0, 0.05) is 25.5 Å². The Bertz CT molecular complexity index is 338. The first-order valence-corrected chi connectivity index (χ1v) is 5.78. The molecular weight excluding hydrogens is 202 g/mol. The molecule has 1 aliphatic rings. The predicted molar refractivity (Wildman–Crippen MR) is 61.9 cm³/mol. The Kier molecular flexibility index (Phi) is 3.21. The summed E-state index contributed by atoms with van der Waals surface area (Å²) in [6.45, 7) is 1.98. The third kappa shape index (κ3) is 2.08. The number of nitrogens with zero attached hydrogens (tertiary/aromatic N) is 2. The van der Waals surface area contributed by atoms with Crippen LogP contribution in [0.4, 0.5) is 0 Å². The fourth-order valence-corrected chi connectivity index (χ4v) is 2.08. The van der Waals surface area contributed by atoms with Crippen LogP contribution in [-0.2, 0) is 16.8 Å². The van der Waals surface area contributed by atoms with Crippen molar-refractivity contribution in [1.29, 1.82) is 0 Å². The number of nitrogens with two attached hydrogens (primary N) is 1. The second-order valence-corrected chi connectivity index (χ2v) is 4.65. The van der Waals surface area contributed by atoms with E-state index >= 15 is 0 Å². The molecule has 1 saturated carbocycles. The number of rotatable bonds is 4. The van der Waals surface area contributed by atoms with Crippen LogP contribution in [-0.4, -0.2) is 23.1 Å². The maximum absolute atomic E-state index is 5.73. The van der Waals surface area contributed by atoms with Crippen LogP contribution in [0.3, 0.4) is 0 Å². The van der Waals surface area contributed by atoms with Crippen molar-refractivity contribution >= 4 is 0 Å². The van der Waals surface area contributed by atoms with Gasteiger partial charge in [0.05, 0.1) is 0 Å². The summed E-state index contributed by atoms with van der Waals surface area (Å²) in [4.78, 5) is 8.81. The van der Waals surface area contributed by atoms with Crippen molar-refractivity contribution in [1.82, 2.24) is 9.97 Å². The van der Waals surface area contributed by atoms with Gasteiger partial charge in [-0.05, 0) is 38.2 Å². The molecule has 0 amide bonds. The Morgan fingerprint density at radius 3 is 2.44 bits per heavy atom. The Morgan fingerprint density at radius 2 is 2.06 bits per heavy atom. The molecule has 1 aromatic rings. The fraction of sp³-hybridized carbons (Fsp3) is 0.667. The molecule has 0 bridgehead atoms. The van der Waals surface area contributed by atoms with Crippen molar-refractivity contribution in [2.75, 3.05) is 7.11 Å². The molecule has 1 heterocycles. The van der Waals surface area contributed by atoms with Crippen molar-refractivity contribution < 1.29 is 4.74 Å². The summed E-state index contributed by atoms with van der Waals surface area (Å²) in [5.74, 6) is 0.815. The normalized spacial score (nSPS) is 20.2. The number of aromatic nitrogens is 2. The van der Waals surface area contributed by atoms with E-state index in [9.17, 15) is 0 Å². The molecule has 2 N–H and O–H groups in total. The summed E-state index contributed by atoms with van der Waals surface area (Å²) in [5.41, 5.74) is 6.60.